The van der Waals surface area contributed by atoms with Crippen LogP contribution < -0.4 is 20.1 Å². The summed E-state index contributed by atoms with van der Waals surface area (Å²) in [5.41, 5.74) is 0.336. The van der Waals surface area contributed by atoms with Crippen LogP contribution in [0.2, 0.25) is 0 Å². The molecule has 1 aromatic carbocycles. The highest BCUT2D eigenvalue weighted by Crippen LogP contribution is 2.25. The molecule has 0 fully saturated rings. The van der Waals surface area contributed by atoms with E-state index in [-0.39, 0.29) is 18.4 Å². The maximum absolute atomic E-state index is 11.7. The van der Waals surface area contributed by atoms with Gasteiger partial charge in [0.15, 0.2) is 18.1 Å². The third-order valence-corrected chi connectivity index (χ3v) is 3.06. The average molecular weight is 329 g/mol. The van der Waals surface area contributed by atoms with Crippen LogP contribution in [0.1, 0.15) is 10.5 Å². The van der Waals surface area contributed by atoms with Crippen molar-refractivity contribution in [3.63, 3.8) is 0 Å². The van der Waals surface area contributed by atoms with E-state index >= 15 is 0 Å². The fourth-order valence-electron chi connectivity index (χ4n) is 1.90. The summed E-state index contributed by atoms with van der Waals surface area (Å²) in [4.78, 5) is 27.4. The van der Waals surface area contributed by atoms with Crippen molar-refractivity contribution in [1.82, 2.24) is 15.6 Å². The second kappa shape index (κ2) is 9.14. The van der Waals surface area contributed by atoms with Crippen LogP contribution in [0, 0.1) is 0 Å². The van der Waals surface area contributed by atoms with Gasteiger partial charge in [0, 0.05) is 19.3 Å². The summed E-state index contributed by atoms with van der Waals surface area (Å²) in [6, 6.07) is 12.2. The highest BCUT2D eigenvalue weighted by Gasteiger charge is 2.07. The summed E-state index contributed by atoms with van der Waals surface area (Å²) < 4.78 is 10.5. The Morgan fingerprint density at radius 2 is 1.71 bits per heavy atom. The van der Waals surface area contributed by atoms with E-state index in [0.29, 0.717) is 30.3 Å². The number of benzene rings is 1. The normalized spacial score (nSPS) is 9.88. The van der Waals surface area contributed by atoms with Crippen molar-refractivity contribution in [3.8, 4) is 11.5 Å². The predicted molar refractivity (Wildman–Crippen MR) is 88.1 cm³/mol. The quantitative estimate of drug-likeness (QED) is 0.706. The van der Waals surface area contributed by atoms with E-state index in [9.17, 15) is 9.59 Å². The van der Waals surface area contributed by atoms with Gasteiger partial charge in [-0.3, -0.25) is 14.6 Å². The third kappa shape index (κ3) is 5.28. The lowest BCUT2D eigenvalue weighted by Gasteiger charge is -2.10. The number of carbonyl (C=O) groups excluding carboxylic acids is 2. The number of nitrogens with one attached hydrogen (secondary N) is 2. The average Bonchev–Trinajstić information content (AvgIpc) is 2.64. The van der Waals surface area contributed by atoms with E-state index < -0.39 is 0 Å². The monoisotopic (exact) mass is 329 g/mol. The van der Waals surface area contributed by atoms with E-state index in [0.717, 1.165) is 0 Å². The van der Waals surface area contributed by atoms with Crippen molar-refractivity contribution in [2.24, 2.45) is 0 Å². The van der Waals surface area contributed by atoms with Crippen molar-refractivity contribution in [1.29, 1.82) is 0 Å². The number of hydrogen-bond donors (Lipinski definition) is 2. The molecule has 0 aliphatic rings. The van der Waals surface area contributed by atoms with Crippen LogP contribution in [0.25, 0.3) is 0 Å². The van der Waals surface area contributed by atoms with Crippen LogP contribution in [0.3, 0.4) is 0 Å². The van der Waals surface area contributed by atoms with Gasteiger partial charge in [-0.25, -0.2) is 0 Å². The zero-order chi connectivity index (χ0) is 17.2. The summed E-state index contributed by atoms with van der Waals surface area (Å²) in [6.07, 6.45) is 1.55. The van der Waals surface area contributed by atoms with E-state index in [1.807, 2.05) is 6.07 Å². The number of pyridine rings is 1. The Bertz CT molecular complexity index is 677. The lowest BCUT2D eigenvalue weighted by Crippen LogP contribution is -2.37. The van der Waals surface area contributed by atoms with Gasteiger partial charge in [-0.1, -0.05) is 18.2 Å². The number of amides is 2. The first kappa shape index (κ1) is 17.3. The number of para-hydroxylation sites is 2. The van der Waals surface area contributed by atoms with Crippen molar-refractivity contribution >= 4 is 11.8 Å². The van der Waals surface area contributed by atoms with Gasteiger partial charge in [0.2, 0.25) is 0 Å². The Kier molecular flexibility index (Phi) is 6.58. The van der Waals surface area contributed by atoms with Crippen LogP contribution >= 0.6 is 0 Å². The van der Waals surface area contributed by atoms with Crippen LogP contribution in [-0.2, 0) is 4.79 Å². The van der Waals surface area contributed by atoms with Gasteiger partial charge in [0.1, 0.15) is 5.69 Å². The Morgan fingerprint density at radius 3 is 2.42 bits per heavy atom. The molecule has 0 aliphatic heterocycles. The standard InChI is InChI=1S/C17H19N3O4/c1-23-14-7-2-3-8-15(14)24-12-16(21)19-10-11-20-17(22)13-6-4-5-9-18-13/h2-9H,10-12H2,1H3,(H,19,21)(H,20,22). The lowest BCUT2D eigenvalue weighted by atomic mass is 10.3. The van der Waals surface area contributed by atoms with Gasteiger partial charge >= 0.3 is 0 Å². The molecule has 0 saturated carbocycles. The molecule has 0 aliphatic carbocycles. The van der Waals surface area contributed by atoms with Crippen LogP contribution in [0.15, 0.2) is 48.7 Å². The van der Waals surface area contributed by atoms with Gasteiger partial charge in [0.25, 0.3) is 11.8 Å². The fourth-order valence-corrected chi connectivity index (χ4v) is 1.90. The van der Waals surface area contributed by atoms with E-state index in [2.05, 4.69) is 15.6 Å². The zero-order valence-corrected chi connectivity index (χ0v) is 13.3. The van der Waals surface area contributed by atoms with Gasteiger partial charge < -0.3 is 20.1 Å². The first-order valence-electron chi connectivity index (χ1n) is 7.42. The summed E-state index contributed by atoms with van der Waals surface area (Å²) in [6.45, 7) is 0.469. The van der Waals surface area contributed by atoms with E-state index in [1.165, 1.54) is 7.11 Å². The topological polar surface area (TPSA) is 89.5 Å². The van der Waals surface area contributed by atoms with Gasteiger partial charge in [-0.2, -0.15) is 0 Å². The molecular formula is C17H19N3O4. The third-order valence-electron chi connectivity index (χ3n) is 3.06. The number of rotatable bonds is 8. The molecule has 7 heteroatoms. The van der Waals surface area contributed by atoms with Crippen molar-refractivity contribution in [2.45, 2.75) is 0 Å². The van der Waals surface area contributed by atoms with E-state index in [1.54, 1.807) is 42.6 Å². The second-order valence-electron chi connectivity index (χ2n) is 4.76. The molecule has 24 heavy (non-hydrogen) atoms. The number of ether oxygens (including phenoxy) is 2. The highest BCUT2D eigenvalue weighted by atomic mass is 16.5. The minimum Gasteiger partial charge on any atom is -0.493 e. The molecule has 0 bridgehead atoms. The maximum Gasteiger partial charge on any atom is 0.269 e. The molecule has 0 atom stereocenters. The number of methoxy groups -OCH3 is 1. The van der Waals surface area contributed by atoms with Gasteiger partial charge in [0.05, 0.1) is 7.11 Å². The maximum atomic E-state index is 11.7. The molecular weight excluding hydrogens is 310 g/mol. The molecule has 2 aromatic rings. The van der Waals surface area contributed by atoms with Crippen molar-refractivity contribution in [3.05, 3.63) is 54.4 Å². The molecule has 1 heterocycles. The summed E-state index contributed by atoms with van der Waals surface area (Å²) in [7, 11) is 1.53. The number of aromatic nitrogens is 1. The molecule has 0 radical (unpaired) electrons. The molecule has 0 spiro atoms. The van der Waals surface area contributed by atoms with Crippen LogP contribution in [-0.4, -0.2) is 43.6 Å². The number of carbonyl (C=O) groups is 2. The lowest BCUT2D eigenvalue weighted by molar-refractivity contribution is -0.123. The molecule has 7 nitrogen and oxygen atoms in total. The van der Waals surface area contributed by atoms with Gasteiger partial charge in [-0.05, 0) is 24.3 Å². The smallest absolute Gasteiger partial charge is 0.269 e. The molecule has 0 saturated heterocycles. The van der Waals surface area contributed by atoms with Gasteiger partial charge in [-0.15, -0.1) is 0 Å². The number of hydrogen-bond acceptors (Lipinski definition) is 5. The minimum absolute atomic E-state index is 0.130. The van der Waals surface area contributed by atoms with Crippen molar-refractivity contribution < 1.29 is 19.1 Å². The Labute approximate surface area is 140 Å². The van der Waals surface area contributed by atoms with Crippen molar-refractivity contribution in [2.75, 3.05) is 26.8 Å². The predicted octanol–water partition coefficient (Wildman–Crippen LogP) is 1.02. The molecule has 1 aromatic heterocycles. The second-order valence-corrected chi connectivity index (χ2v) is 4.76. The summed E-state index contributed by atoms with van der Waals surface area (Å²) >= 11 is 0. The Morgan fingerprint density at radius 1 is 1.00 bits per heavy atom. The fraction of sp³-hybridized carbons (Fsp3) is 0.235. The minimum atomic E-state index is -0.284. The van der Waals surface area contributed by atoms with Crippen LogP contribution in [0.5, 0.6) is 11.5 Å². The summed E-state index contributed by atoms with van der Waals surface area (Å²) in [5.74, 6) is 0.495. The van der Waals surface area contributed by atoms with Crippen LogP contribution in [0.4, 0.5) is 0 Å². The summed E-state index contributed by atoms with van der Waals surface area (Å²) in [5, 5.41) is 5.33. The molecule has 2 rings (SSSR count). The largest absolute Gasteiger partial charge is 0.493 e. The SMILES string of the molecule is COc1ccccc1OCC(=O)NCCNC(=O)c1ccccn1. The zero-order valence-electron chi connectivity index (χ0n) is 13.3. The Balaban J connectivity index is 1.66. The number of nitrogens with zero attached hydrogens (tertiary/aromatic N) is 1. The molecule has 2 N–H and O–H groups in total. The molecule has 2 amide bonds. The first-order valence-corrected chi connectivity index (χ1v) is 7.42. The highest BCUT2D eigenvalue weighted by molar-refractivity contribution is 5.92. The first-order chi connectivity index (χ1) is 11.7. The Hall–Kier alpha value is -3.09. The molecule has 0 unspecified atom stereocenters. The van der Waals surface area contributed by atoms with E-state index in [4.69, 9.17) is 9.47 Å². The molecule has 126 valence electrons.